The first-order valence-corrected chi connectivity index (χ1v) is 6.78. The molecule has 3 rings (SSSR count). The topological polar surface area (TPSA) is 56.5 Å². The first-order chi connectivity index (χ1) is 10.1. The number of fused-ring (bicyclic) bond motifs is 1. The van der Waals surface area contributed by atoms with Gasteiger partial charge in [-0.25, -0.2) is 9.18 Å². The van der Waals surface area contributed by atoms with E-state index in [-0.39, 0.29) is 0 Å². The molecule has 1 aromatic carbocycles. The maximum absolute atomic E-state index is 14.2. The molecule has 0 atom stereocenters. The van der Waals surface area contributed by atoms with Gasteiger partial charge in [0, 0.05) is 6.20 Å². The fraction of sp³-hybridized carbons (Fsp3) is 0.0714. The number of ether oxygens (including phenoxy) is 1. The molecule has 0 aliphatic heterocycles. The summed E-state index contributed by atoms with van der Waals surface area (Å²) in [6.07, 6.45) is 1.52. The summed E-state index contributed by atoms with van der Waals surface area (Å²) in [5.74, 6) is -0.601. The Labute approximate surface area is 127 Å². The number of pyridine rings is 1. The summed E-state index contributed by atoms with van der Waals surface area (Å²) in [7, 11) is 1.30. The number of esters is 1. The van der Waals surface area contributed by atoms with E-state index in [4.69, 9.17) is 0 Å². The fourth-order valence-corrected chi connectivity index (χ4v) is 2.36. The van der Waals surface area contributed by atoms with Crippen LogP contribution in [0.25, 0.3) is 17.0 Å². The van der Waals surface area contributed by atoms with Crippen LogP contribution in [0.5, 0.6) is 0 Å². The molecule has 0 spiro atoms. The maximum Gasteiger partial charge on any atom is 0.339 e. The SMILES string of the molecule is COC(=O)c1ccc2nnc(-c3cccc(Br)c3F)n2c1. The second-order valence-corrected chi connectivity index (χ2v) is 5.12. The molecule has 0 fully saturated rings. The molecule has 2 aromatic heterocycles. The minimum absolute atomic E-state index is 0.291. The summed E-state index contributed by atoms with van der Waals surface area (Å²) in [6, 6.07) is 8.10. The Balaban J connectivity index is 2.23. The van der Waals surface area contributed by atoms with Crippen molar-refractivity contribution >= 4 is 27.5 Å². The Morgan fingerprint density at radius 3 is 2.86 bits per heavy atom. The third-order valence-electron chi connectivity index (χ3n) is 3.02. The van der Waals surface area contributed by atoms with Gasteiger partial charge in [-0.1, -0.05) is 6.07 Å². The Kier molecular flexibility index (Phi) is 3.42. The molecule has 21 heavy (non-hydrogen) atoms. The highest BCUT2D eigenvalue weighted by Gasteiger charge is 2.16. The van der Waals surface area contributed by atoms with Crippen molar-refractivity contribution in [2.75, 3.05) is 7.11 Å². The van der Waals surface area contributed by atoms with E-state index in [2.05, 4.69) is 30.9 Å². The molecule has 0 saturated heterocycles. The first-order valence-electron chi connectivity index (χ1n) is 5.99. The highest BCUT2D eigenvalue weighted by molar-refractivity contribution is 9.10. The Bertz CT molecular complexity index is 847. The number of carbonyl (C=O) groups excluding carboxylic acids is 1. The standard InChI is InChI=1S/C14H9BrFN3O2/c1-21-14(20)8-5-6-11-17-18-13(19(11)7-8)9-3-2-4-10(15)12(9)16/h2-7H,1H3. The van der Waals surface area contributed by atoms with Gasteiger partial charge in [-0.3, -0.25) is 4.40 Å². The Morgan fingerprint density at radius 1 is 1.29 bits per heavy atom. The van der Waals surface area contributed by atoms with Crippen molar-refractivity contribution in [3.05, 3.63) is 52.4 Å². The number of nitrogens with zero attached hydrogens (tertiary/aromatic N) is 3. The zero-order valence-electron chi connectivity index (χ0n) is 10.9. The van der Waals surface area contributed by atoms with Gasteiger partial charge in [-0.2, -0.15) is 0 Å². The fourth-order valence-electron chi connectivity index (χ4n) is 1.99. The normalized spacial score (nSPS) is 10.8. The summed E-state index contributed by atoms with van der Waals surface area (Å²) in [5.41, 5.74) is 1.14. The molecular formula is C14H9BrFN3O2. The molecule has 0 bridgehead atoms. The quantitative estimate of drug-likeness (QED) is 0.667. The van der Waals surface area contributed by atoms with Gasteiger partial charge in [0.15, 0.2) is 11.5 Å². The first kappa shape index (κ1) is 13.7. The summed E-state index contributed by atoms with van der Waals surface area (Å²) in [4.78, 5) is 11.6. The van der Waals surface area contributed by atoms with Crippen LogP contribution < -0.4 is 0 Å². The van der Waals surface area contributed by atoms with Gasteiger partial charge >= 0.3 is 5.97 Å². The monoisotopic (exact) mass is 349 g/mol. The largest absolute Gasteiger partial charge is 0.465 e. The second kappa shape index (κ2) is 5.25. The molecular weight excluding hydrogens is 341 g/mol. The minimum Gasteiger partial charge on any atom is -0.465 e. The number of methoxy groups -OCH3 is 1. The Morgan fingerprint density at radius 2 is 2.10 bits per heavy atom. The maximum atomic E-state index is 14.2. The van der Waals surface area contributed by atoms with Gasteiger partial charge < -0.3 is 4.74 Å². The molecule has 5 nitrogen and oxygen atoms in total. The lowest BCUT2D eigenvalue weighted by molar-refractivity contribution is 0.0600. The van der Waals surface area contributed by atoms with Gasteiger partial charge in [0.05, 0.1) is 22.7 Å². The number of rotatable bonds is 2. The number of benzene rings is 1. The molecule has 0 saturated carbocycles. The molecule has 0 aliphatic rings. The molecule has 2 heterocycles. The summed E-state index contributed by atoms with van der Waals surface area (Å²) < 4.78 is 20.8. The van der Waals surface area contributed by atoms with Crippen LogP contribution >= 0.6 is 15.9 Å². The molecule has 3 aromatic rings. The van der Waals surface area contributed by atoms with Crippen LogP contribution in [0.4, 0.5) is 4.39 Å². The predicted molar refractivity (Wildman–Crippen MR) is 77.4 cm³/mol. The molecule has 0 N–H and O–H groups in total. The van der Waals surface area contributed by atoms with Crippen LogP contribution in [-0.2, 0) is 4.74 Å². The lowest BCUT2D eigenvalue weighted by atomic mass is 10.2. The van der Waals surface area contributed by atoms with E-state index in [0.717, 1.165) is 0 Å². The minimum atomic E-state index is -0.480. The van der Waals surface area contributed by atoms with Crippen molar-refractivity contribution < 1.29 is 13.9 Å². The Hall–Kier alpha value is -2.28. The van der Waals surface area contributed by atoms with Crippen molar-refractivity contribution in [1.82, 2.24) is 14.6 Å². The van der Waals surface area contributed by atoms with Gasteiger partial charge in [-0.05, 0) is 40.2 Å². The van der Waals surface area contributed by atoms with Crippen molar-refractivity contribution in [2.45, 2.75) is 0 Å². The van der Waals surface area contributed by atoms with Gasteiger partial charge in [0.1, 0.15) is 5.82 Å². The van der Waals surface area contributed by atoms with Crippen molar-refractivity contribution in [2.24, 2.45) is 0 Å². The van der Waals surface area contributed by atoms with Crippen LogP contribution in [-0.4, -0.2) is 27.7 Å². The number of hydrogen-bond donors (Lipinski definition) is 0. The summed E-state index contributed by atoms with van der Waals surface area (Å²) in [5, 5.41) is 7.96. The van der Waals surface area contributed by atoms with Gasteiger partial charge in [0.2, 0.25) is 0 Å². The van der Waals surface area contributed by atoms with E-state index in [9.17, 15) is 9.18 Å². The van der Waals surface area contributed by atoms with Crippen molar-refractivity contribution in [3.63, 3.8) is 0 Å². The van der Waals surface area contributed by atoms with E-state index in [1.54, 1.807) is 34.7 Å². The van der Waals surface area contributed by atoms with E-state index in [1.807, 2.05) is 0 Å². The molecule has 0 aliphatic carbocycles. The van der Waals surface area contributed by atoms with E-state index >= 15 is 0 Å². The third kappa shape index (κ3) is 2.29. The average Bonchev–Trinajstić information content (AvgIpc) is 2.92. The summed E-state index contributed by atoms with van der Waals surface area (Å²) >= 11 is 3.14. The predicted octanol–water partition coefficient (Wildman–Crippen LogP) is 3.08. The van der Waals surface area contributed by atoms with Crippen LogP contribution in [0.2, 0.25) is 0 Å². The lowest BCUT2D eigenvalue weighted by Gasteiger charge is -2.04. The van der Waals surface area contributed by atoms with Gasteiger partial charge in [0.25, 0.3) is 0 Å². The molecule has 106 valence electrons. The number of hydrogen-bond acceptors (Lipinski definition) is 4. The molecule has 7 heteroatoms. The van der Waals surface area contributed by atoms with Crippen molar-refractivity contribution in [3.8, 4) is 11.4 Å². The third-order valence-corrected chi connectivity index (χ3v) is 3.63. The average molecular weight is 350 g/mol. The molecule has 0 radical (unpaired) electrons. The molecule has 0 amide bonds. The highest BCUT2D eigenvalue weighted by Crippen LogP contribution is 2.27. The van der Waals surface area contributed by atoms with E-state index in [0.29, 0.717) is 27.1 Å². The van der Waals surface area contributed by atoms with Crippen LogP contribution in [0.3, 0.4) is 0 Å². The van der Waals surface area contributed by atoms with Crippen LogP contribution in [0.1, 0.15) is 10.4 Å². The number of aromatic nitrogens is 3. The lowest BCUT2D eigenvalue weighted by Crippen LogP contribution is -2.03. The van der Waals surface area contributed by atoms with E-state index in [1.165, 1.54) is 13.3 Å². The number of halogens is 2. The number of carbonyl (C=O) groups is 1. The zero-order chi connectivity index (χ0) is 15.0. The van der Waals surface area contributed by atoms with Crippen LogP contribution in [0.15, 0.2) is 41.0 Å². The summed E-state index contributed by atoms with van der Waals surface area (Å²) in [6.45, 7) is 0. The van der Waals surface area contributed by atoms with Crippen LogP contribution in [0, 0.1) is 5.82 Å². The highest BCUT2D eigenvalue weighted by atomic mass is 79.9. The second-order valence-electron chi connectivity index (χ2n) is 4.26. The van der Waals surface area contributed by atoms with Gasteiger partial charge in [-0.15, -0.1) is 10.2 Å². The van der Waals surface area contributed by atoms with Crippen molar-refractivity contribution in [1.29, 1.82) is 0 Å². The van der Waals surface area contributed by atoms with E-state index < -0.39 is 11.8 Å². The zero-order valence-corrected chi connectivity index (χ0v) is 12.5. The molecule has 0 unspecified atom stereocenters. The smallest absolute Gasteiger partial charge is 0.339 e.